The largest absolute Gasteiger partial charge is 0.481 e. The molecule has 0 unspecified atom stereocenters. The van der Waals surface area contributed by atoms with E-state index in [0.29, 0.717) is 17.4 Å². The number of ether oxygens (including phenoxy) is 1. The molecule has 3 heterocycles. The SMILES string of the molecule is COc1ccc2nc(CCl)n(-c3ccn(C)n3)c2n1. The molecule has 3 aromatic rings. The first-order chi connectivity index (χ1) is 9.22. The van der Waals surface area contributed by atoms with Gasteiger partial charge in [-0.1, -0.05) is 0 Å². The predicted molar refractivity (Wildman–Crippen MR) is 71.7 cm³/mol. The summed E-state index contributed by atoms with van der Waals surface area (Å²) in [5, 5.41) is 4.37. The Balaban J connectivity index is 2.30. The maximum atomic E-state index is 5.96. The van der Waals surface area contributed by atoms with Gasteiger partial charge in [-0.15, -0.1) is 11.6 Å². The Kier molecular flexibility index (Phi) is 2.87. The van der Waals surface area contributed by atoms with Crippen LogP contribution in [-0.4, -0.2) is 31.4 Å². The molecule has 3 aromatic heterocycles. The molecule has 0 saturated heterocycles. The fourth-order valence-electron chi connectivity index (χ4n) is 1.95. The van der Waals surface area contributed by atoms with Crippen LogP contribution < -0.4 is 4.74 Å². The van der Waals surface area contributed by atoms with Gasteiger partial charge >= 0.3 is 0 Å². The summed E-state index contributed by atoms with van der Waals surface area (Å²) < 4.78 is 8.71. The summed E-state index contributed by atoms with van der Waals surface area (Å²) in [4.78, 5) is 8.87. The number of nitrogens with zero attached hydrogens (tertiary/aromatic N) is 5. The van der Waals surface area contributed by atoms with Gasteiger partial charge in [-0.2, -0.15) is 10.1 Å². The topological polar surface area (TPSA) is 57.8 Å². The van der Waals surface area contributed by atoms with Crippen molar-refractivity contribution in [3.05, 3.63) is 30.2 Å². The molecular weight excluding hydrogens is 266 g/mol. The highest BCUT2D eigenvalue weighted by molar-refractivity contribution is 6.16. The minimum atomic E-state index is 0.287. The molecule has 0 radical (unpaired) electrons. The van der Waals surface area contributed by atoms with Crippen molar-refractivity contribution < 1.29 is 4.74 Å². The zero-order valence-corrected chi connectivity index (χ0v) is 11.3. The molecule has 7 heteroatoms. The van der Waals surface area contributed by atoms with Gasteiger partial charge in [-0.25, -0.2) is 4.98 Å². The van der Waals surface area contributed by atoms with Gasteiger partial charge in [0.2, 0.25) is 5.88 Å². The van der Waals surface area contributed by atoms with Crippen molar-refractivity contribution in [2.75, 3.05) is 7.11 Å². The Bertz CT molecular complexity index is 733. The number of rotatable bonds is 3. The highest BCUT2D eigenvalue weighted by Crippen LogP contribution is 2.22. The van der Waals surface area contributed by atoms with Crippen molar-refractivity contribution >= 4 is 22.8 Å². The number of methoxy groups -OCH3 is 1. The highest BCUT2D eigenvalue weighted by atomic mass is 35.5. The average Bonchev–Trinajstić information content (AvgIpc) is 3.00. The van der Waals surface area contributed by atoms with Crippen LogP contribution in [0.15, 0.2) is 24.4 Å². The summed E-state index contributed by atoms with van der Waals surface area (Å²) in [7, 11) is 3.44. The normalized spacial score (nSPS) is 11.1. The van der Waals surface area contributed by atoms with Crippen molar-refractivity contribution in [3.8, 4) is 11.7 Å². The molecule has 0 spiro atoms. The third kappa shape index (κ3) is 1.94. The number of hydrogen-bond donors (Lipinski definition) is 0. The fraction of sp³-hybridized carbons (Fsp3) is 0.250. The highest BCUT2D eigenvalue weighted by Gasteiger charge is 2.15. The van der Waals surface area contributed by atoms with Crippen LogP contribution in [0.3, 0.4) is 0 Å². The molecule has 0 fully saturated rings. The second kappa shape index (κ2) is 4.55. The number of alkyl halides is 1. The van der Waals surface area contributed by atoms with Crippen molar-refractivity contribution in [1.82, 2.24) is 24.3 Å². The number of imidazole rings is 1. The molecule has 0 amide bonds. The van der Waals surface area contributed by atoms with E-state index in [4.69, 9.17) is 16.3 Å². The van der Waals surface area contributed by atoms with Gasteiger partial charge in [0.05, 0.1) is 13.0 Å². The summed E-state index contributed by atoms with van der Waals surface area (Å²) in [6.45, 7) is 0. The van der Waals surface area contributed by atoms with Gasteiger partial charge in [0.25, 0.3) is 0 Å². The number of fused-ring (bicyclic) bond motifs is 1. The molecule has 6 nitrogen and oxygen atoms in total. The molecule has 0 aliphatic rings. The molecule has 19 heavy (non-hydrogen) atoms. The summed E-state index contributed by atoms with van der Waals surface area (Å²) in [6, 6.07) is 5.52. The molecule has 0 aliphatic carbocycles. The van der Waals surface area contributed by atoms with E-state index < -0.39 is 0 Å². The lowest BCUT2D eigenvalue weighted by molar-refractivity contribution is 0.399. The minimum Gasteiger partial charge on any atom is -0.481 e. The van der Waals surface area contributed by atoms with E-state index in [1.165, 1.54) is 0 Å². The molecule has 0 aliphatic heterocycles. The predicted octanol–water partition coefficient (Wildman–Crippen LogP) is 1.90. The zero-order valence-electron chi connectivity index (χ0n) is 10.5. The van der Waals surface area contributed by atoms with Gasteiger partial charge in [0.15, 0.2) is 11.5 Å². The maximum absolute atomic E-state index is 5.96. The second-order valence-corrected chi connectivity index (χ2v) is 4.31. The Labute approximate surface area is 114 Å². The van der Waals surface area contributed by atoms with E-state index in [2.05, 4.69) is 15.1 Å². The lowest BCUT2D eigenvalue weighted by Crippen LogP contribution is -2.02. The Morgan fingerprint density at radius 2 is 2.11 bits per heavy atom. The first kappa shape index (κ1) is 12.0. The van der Waals surface area contributed by atoms with Gasteiger partial charge in [-0.3, -0.25) is 9.25 Å². The standard InChI is InChI=1S/C12H12ClN5O/c1-17-6-5-9(16-17)18-10(7-13)14-8-3-4-11(19-2)15-12(8)18/h3-6H,7H2,1-2H3. The van der Waals surface area contributed by atoms with E-state index in [-0.39, 0.29) is 5.88 Å². The Morgan fingerprint density at radius 3 is 2.74 bits per heavy atom. The molecule has 3 rings (SSSR count). The van der Waals surface area contributed by atoms with Gasteiger partial charge in [0, 0.05) is 25.4 Å². The summed E-state index contributed by atoms with van der Waals surface area (Å²) >= 11 is 5.96. The van der Waals surface area contributed by atoms with Crippen molar-refractivity contribution in [3.63, 3.8) is 0 Å². The summed E-state index contributed by atoms with van der Waals surface area (Å²) in [5.41, 5.74) is 1.45. The van der Waals surface area contributed by atoms with Crippen LogP contribution in [0.5, 0.6) is 5.88 Å². The van der Waals surface area contributed by atoms with Crippen LogP contribution >= 0.6 is 11.6 Å². The summed E-state index contributed by atoms with van der Waals surface area (Å²) in [6.07, 6.45) is 1.86. The van der Waals surface area contributed by atoms with Crippen LogP contribution in [0, 0.1) is 0 Å². The first-order valence-electron chi connectivity index (χ1n) is 5.71. The monoisotopic (exact) mass is 277 g/mol. The molecule has 0 atom stereocenters. The third-order valence-electron chi connectivity index (χ3n) is 2.81. The van der Waals surface area contributed by atoms with Gasteiger partial charge < -0.3 is 4.74 Å². The van der Waals surface area contributed by atoms with E-state index >= 15 is 0 Å². The lowest BCUT2D eigenvalue weighted by atomic mass is 10.4. The third-order valence-corrected chi connectivity index (χ3v) is 3.04. The molecular formula is C12H12ClN5O. The van der Waals surface area contributed by atoms with Crippen LogP contribution in [-0.2, 0) is 12.9 Å². The van der Waals surface area contributed by atoms with Crippen molar-refractivity contribution in [2.24, 2.45) is 7.05 Å². The van der Waals surface area contributed by atoms with Crippen molar-refractivity contribution in [1.29, 1.82) is 0 Å². The van der Waals surface area contributed by atoms with Crippen molar-refractivity contribution in [2.45, 2.75) is 5.88 Å². The van der Waals surface area contributed by atoms with E-state index in [0.717, 1.165) is 11.3 Å². The quantitative estimate of drug-likeness (QED) is 0.686. The molecule has 0 saturated carbocycles. The number of halogens is 1. The van der Waals surface area contributed by atoms with E-state index in [9.17, 15) is 0 Å². The second-order valence-electron chi connectivity index (χ2n) is 4.04. The van der Waals surface area contributed by atoms with Crippen LogP contribution in [0.2, 0.25) is 0 Å². The molecule has 0 bridgehead atoms. The van der Waals surface area contributed by atoms with E-state index in [1.807, 2.05) is 29.9 Å². The van der Waals surface area contributed by atoms with Crippen LogP contribution in [0.1, 0.15) is 5.82 Å². The number of aromatic nitrogens is 5. The lowest BCUT2D eigenvalue weighted by Gasteiger charge is -2.03. The van der Waals surface area contributed by atoms with Gasteiger partial charge in [-0.05, 0) is 6.07 Å². The Hall–Kier alpha value is -2.08. The average molecular weight is 278 g/mol. The van der Waals surface area contributed by atoms with Crippen LogP contribution in [0.4, 0.5) is 0 Å². The Morgan fingerprint density at radius 1 is 1.26 bits per heavy atom. The van der Waals surface area contributed by atoms with E-state index in [1.54, 1.807) is 17.9 Å². The maximum Gasteiger partial charge on any atom is 0.215 e. The molecule has 0 aromatic carbocycles. The van der Waals surface area contributed by atoms with Gasteiger partial charge in [0.1, 0.15) is 11.3 Å². The number of hydrogen-bond acceptors (Lipinski definition) is 4. The van der Waals surface area contributed by atoms with Crippen LogP contribution in [0.25, 0.3) is 17.0 Å². The number of pyridine rings is 1. The fourth-order valence-corrected chi connectivity index (χ4v) is 2.13. The molecule has 98 valence electrons. The zero-order chi connectivity index (χ0) is 13.4. The number of aryl methyl sites for hydroxylation is 1. The smallest absolute Gasteiger partial charge is 0.215 e. The minimum absolute atomic E-state index is 0.287. The molecule has 0 N–H and O–H groups in total. The first-order valence-corrected chi connectivity index (χ1v) is 6.24. The summed E-state index contributed by atoms with van der Waals surface area (Å²) in [5.74, 6) is 2.26.